The molecule has 1 spiro atoms. The molecule has 164 valence electrons. The standard InChI is InChI=1S/C25H27N5O2/c1-15-28-20(24(2,3)4)22(31)30(15)10-6-7-16-11-17-12-25(13-19(17)27-14-16)18-8-5-9-26-21(18)29-23(25)32/h5-9,11,14-15H,10,12-13H2,1-4H3,(H,26,29,32)/b7-6+/t15-,25-/m0/s1. The van der Waals surface area contributed by atoms with E-state index in [1.54, 1.807) is 11.1 Å². The van der Waals surface area contributed by atoms with Gasteiger partial charge in [0.15, 0.2) is 0 Å². The molecule has 0 fully saturated rings. The maximum absolute atomic E-state index is 12.8. The number of aliphatic imine (C=N–C) groups is 1. The van der Waals surface area contributed by atoms with E-state index in [1.807, 2.05) is 58.2 Å². The Morgan fingerprint density at radius 2 is 2.06 bits per heavy atom. The largest absolute Gasteiger partial charge is 0.312 e. The van der Waals surface area contributed by atoms with E-state index < -0.39 is 5.41 Å². The van der Waals surface area contributed by atoms with Crippen LogP contribution in [0.15, 0.2) is 41.7 Å². The van der Waals surface area contributed by atoms with Gasteiger partial charge in [0.1, 0.15) is 17.7 Å². The monoisotopic (exact) mass is 429 g/mol. The molecular formula is C25H27N5O2. The van der Waals surface area contributed by atoms with Gasteiger partial charge in [0.2, 0.25) is 5.91 Å². The van der Waals surface area contributed by atoms with Gasteiger partial charge in [-0.1, -0.05) is 39.0 Å². The summed E-state index contributed by atoms with van der Waals surface area (Å²) in [5.41, 5.74) is 3.72. The van der Waals surface area contributed by atoms with Crippen molar-refractivity contribution in [2.24, 2.45) is 10.4 Å². The highest BCUT2D eigenvalue weighted by Crippen LogP contribution is 2.46. The van der Waals surface area contributed by atoms with Crippen LogP contribution in [0.2, 0.25) is 0 Å². The number of nitrogens with zero attached hydrogens (tertiary/aromatic N) is 4. The molecule has 2 atom stereocenters. The third-order valence-electron chi connectivity index (χ3n) is 6.59. The topological polar surface area (TPSA) is 87.5 Å². The van der Waals surface area contributed by atoms with E-state index in [0.717, 1.165) is 22.4 Å². The number of hydrogen-bond donors (Lipinski definition) is 1. The normalized spacial score (nSPS) is 24.3. The van der Waals surface area contributed by atoms with Crippen molar-refractivity contribution in [1.82, 2.24) is 14.9 Å². The van der Waals surface area contributed by atoms with Crippen molar-refractivity contribution in [3.05, 3.63) is 59.1 Å². The van der Waals surface area contributed by atoms with Crippen LogP contribution in [0.5, 0.6) is 0 Å². The smallest absolute Gasteiger partial charge is 0.270 e. The highest BCUT2D eigenvalue weighted by atomic mass is 16.2. The Kier molecular flexibility index (Phi) is 4.55. The third-order valence-corrected chi connectivity index (χ3v) is 6.59. The van der Waals surface area contributed by atoms with E-state index in [1.165, 1.54) is 0 Å². The number of carbonyl (C=O) groups excluding carboxylic acids is 2. The van der Waals surface area contributed by atoms with E-state index in [0.29, 0.717) is 30.9 Å². The van der Waals surface area contributed by atoms with Crippen LogP contribution in [-0.4, -0.2) is 45.1 Å². The Labute approximate surface area is 187 Å². The quantitative estimate of drug-likeness (QED) is 0.812. The SMILES string of the molecule is C[C@H]1N=C(C(C)(C)C)C(=O)N1C/C=C/c1cnc2c(c1)C[C@@]1(C2)C(=O)Nc2ncccc21. The van der Waals surface area contributed by atoms with Crippen molar-refractivity contribution in [1.29, 1.82) is 0 Å². The zero-order valence-corrected chi connectivity index (χ0v) is 18.8. The molecule has 0 unspecified atom stereocenters. The summed E-state index contributed by atoms with van der Waals surface area (Å²) in [6.07, 6.45) is 8.53. The average Bonchev–Trinajstić information content (AvgIpc) is 3.35. The lowest BCUT2D eigenvalue weighted by Gasteiger charge is -2.21. The molecule has 2 aliphatic heterocycles. The molecule has 32 heavy (non-hydrogen) atoms. The van der Waals surface area contributed by atoms with Crippen molar-refractivity contribution in [3.63, 3.8) is 0 Å². The number of pyridine rings is 2. The van der Waals surface area contributed by atoms with Gasteiger partial charge in [-0.05, 0) is 36.6 Å². The molecule has 0 saturated heterocycles. The number of rotatable bonds is 3. The van der Waals surface area contributed by atoms with Crippen LogP contribution in [0.4, 0.5) is 5.82 Å². The molecule has 5 rings (SSSR count). The van der Waals surface area contributed by atoms with Crippen LogP contribution in [0.25, 0.3) is 6.08 Å². The highest BCUT2D eigenvalue weighted by Gasteiger charge is 2.51. The lowest BCUT2D eigenvalue weighted by molar-refractivity contribution is -0.124. The summed E-state index contributed by atoms with van der Waals surface area (Å²) in [5.74, 6) is 0.660. The Morgan fingerprint density at radius 3 is 2.81 bits per heavy atom. The van der Waals surface area contributed by atoms with E-state index in [2.05, 4.69) is 26.3 Å². The number of nitrogens with one attached hydrogen (secondary N) is 1. The van der Waals surface area contributed by atoms with Crippen LogP contribution in [-0.2, 0) is 27.8 Å². The van der Waals surface area contributed by atoms with Crippen LogP contribution in [0.1, 0.15) is 50.1 Å². The average molecular weight is 430 g/mol. The molecule has 1 aliphatic carbocycles. The highest BCUT2D eigenvalue weighted by molar-refractivity contribution is 6.41. The first-order valence-corrected chi connectivity index (χ1v) is 11.0. The summed E-state index contributed by atoms with van der Waals surface area (Å²) in [6, 6.07) is 5.96. The minimum absolute atomic E-state index is 0.00234. The molecule has 4 heterocycles. The Balaban J connectivity index is 1.32. The molecule has 2 amide bonds. The second-order valence-electron chi connectivity index (χ2n) is 9.88. The summed E-state index contributed by atoms with van der Waals surface area (Å²) in [4.78, 5) is 40.9. The molecule has 2 aromatic heterocycles. The van der Waals surface area contributed by atoms with Gasteiger partial charge in [0.25, 0.3) is 5.91 Å². The van der Waals surface area contributed by atoms with Gasteiger partial charge >= 0.3 is 0 Å². The second-order valence-corrected chi connectivity index (χ2v) is 9.88. The first-order valence-electron chi connectivity index (χ1n) is 11.0. The Morgan fingerprint density at radius 1 is 1.25 bits per heavy atom. The number of carbonyl (C=O) groups is 2. The lowest BCUT2D eigenvalue weighted by Crippen LogP contribution is -2.38. The Hall–Kier alpha value is -3.35. The number of anilines is 1. The van der Waals surface area contributed by atoms with Crippen LogP contribution >= 0.6 is 0 Å². The van der Waals surface area contributed by atoms with Crippen molar-refractivity contribution < 1.29 is 9.59 Å². The first kappa shape index (κ1) is 20.5. The third kappa shape index (κ3) is 3.15. The maximum Gasteiger partial charge on any atom is 0.270 e. The van der Waals surface area contributed by atoms with E-state index in [-0.39, 0.29) is 23.4 Å². The number of hydrogen-bond acceptors (Lipinski definition) is 5. The van der Waals surface area contributed by atoms with Gasteiger partial charge in [0, 0.05) is 42.0 Å². The summed E-state index contributed by atoms with van der Waals surface area (Å²) in [7, 11) is 0. The molecule has 7 nitrogen and oxygen atoms in total. The zero-order valence-electron chi connectivity index (χ0n) is 18.8. The molecule has 0 aromatic carbocycles. The number of aromatic nitrogens is 2. The molecule has 3 aliphatic rings. The van der Waals surface area contributed by atoms with Gasteiger partial charge in [-0.2, -0.15) is 0 Å². The minimum atomic E-state index is -0.612. The Bertz CT molecular complexity index is 1190. The number of fused-ring (bicyclic) bond motifs is 3. The summed E-state index contributed by atoms with van der Waals surface area (Å²) in [5, 5.41) is 2.93. The van der Waals surface area contributed by atoms with E-state index in [4.69, 9.17) is 0 Å². The maximum atomic E-state index is 12.8. The summed E-state index contributed by atoms with van der Waals surface area (Å²) < 4.78 is 0. The van der Waals surface area contributed by atoms with E-state index >= 15 is 0 Å². The van der Waals surface area contributed by atoms with Crippen molar-refractivity contribution in [2.45, 2.75) is 52.1 Å². The molecular weight excluding hydrogens is 402 g/mol. The van der Waals surface area contributed by atoms with Crippen LogP contribution < -0.4 is 5.32 Å². The summed E-state index contributed by atoms with van der Waals surface area (Å²) >= 11 is 0. The van der Waals surface area contributed by atoms with Gasteiger partial charge in [-0.15, -0.1) is 0 Å². The fourth-order valence-electron chi connectivity index (χ4n) is 4.90. The lowest BCUT2D eigenvalue weighted by atomic mass is 9.80. The molecule has 2 aromatic rings. The molecule has 0 bridgehead atoms. The fraction of sp³-hybridized carbons (Fsp3) is 0.400. The van der Waals surface area contributed by atoms with E-state index in [9.17, 15) is 9.59 Å². The van der Waals surface area contributed by atoms with Crippen LogP contribution in [0.3, 0.4) is 0 Å². The van der Waals surface area contributed by atoms with Crippen molar-refractivity contribution in [2.75, 3.05) is 11.9 Å². The fourth-order valence-corrected chi connectivity index (χ4v) is 4.90. The van der Waals surface area contributed by atoms with Crippen LogP contribution in [0, 0.1) is 5.41 Å². The summed E-state index contributed by atoms with van der Waals surface area (Å²) in [6.45, 7) is 8.47. The predicted octanol–water partition coefficient (Wildman–Crippen LogP) is 3.15. The predicted molar refractivity (Wildman–Crippen MR) is 123 cm³/mol. The molecule has 0 radical (unpaired) electrons. The molecule has 1 N–H and O–H groups in total. The molecule has 7 heteroatoms. The second kappa shape index (κ2) is 7.08. The van der Waals surface area contributed by atoms with Gasteiger partial charge in [-0.25, -0.2) is 4.98 Å². The first-order chi connectivity index (χ1) is 15.2. The zero-order chi connectivity index (χ0) is 22.7. The van der Waals surface area contributed by atoms with Crippen molar-refractivity contribution in [3.8, 4) is 0 Å². The van der Waals surface area contributed by atoms with Gasteiger partial charge in [-0.3, -0.25) is 19.6 Å². The van der Waals surface area contributed by atoms with Crippen molar-refractivity contribution >= 4 is 29.4 Å². The number of amides is 2. The van der Waals surface area contributed by atoms with Gasteiger partial charge in [0.05, 0.1) is 5.41 Å². The van der Waals surface area contributed by atoms with Gasteiger partial charge < -0.3 is 10.2 Å². The molecule has 0 saturated carbocycles. The minimum Gasteiger partial charge on any atom is -0.312 e.